The fourth-order valence-electron chi connectivity index (χ4n) is 1.87. The Kier molecular flexibility index (Phi) is 3.75. The summed E-state index contributed by atoms with van der Waals surface area (Å²) >= 11 is 0. The molecule has 5 heteroatoms. The Balaban J connectivity index is 2.46. The summed E-state index contributed by atoms with van der Waals surface area (Å²) in [7, 11) is 1.62. The van der Waals surface area contributed by atoms with Crippen molar-refractivity contribution in [3.63, 3.8) is 0 Å². The smallest absolute Gasteiger partial charge is 0.219 e. The molecular formula is C14H19FN2O2. The van der Waals surface area contributed by atoms with E-state index in [4.69, 9.17) is 9.47 Å². The quantitative estimate of drug-likeness (QED) is 0.865. The second-order valence-corrected chi connectivity index (χ2v) is 5.47. The molecule has 2 heterocycles. The minimum absolute atomic E-state index is 0.173. The average molecular weight is 266 g/mol. The van der Waals surface area contributed by atoms with Crippen molar-refractivity contribution in [2.75, 3.05) is 20.3 Å². The van der Waals surface area contributed by atoms with Gasteiger partial charge in [-0.15, -0.1) is 0 Å². The van der Waals surface area contributed by atoms with E-state index in [1.165, 1.54) is 6.20 Å². The molecule has 0 aliphatic carbocycles. The van der Waals surface area contributed by atoms with Gasteiger partial charge in [-0.3, -0.25) is 0 Å². The normalized spacial score (nSPS) is 12.1. The summed E-state index contributed by atoms with van der Waals surface area (Å²) in [6.45, 7) is 7.04. The standard InChI is InChI=1S/C14H19FN2O2/c1-14(2,3)10-7-9-11(15)8-16-12(9)17-13(10)19-6-5-18-4/h7-8H,5-6H2,1-4H3,(H,16,17). The van der Waals surface area contributed by atoms with Gasteiger partial charge in [0.2, 0.25) is 5.88 Å². The van der Waals surface area contributed by atoms with Crippen molar-refractivity contribution in [3.05, 3.63) is 23.6 Å². The fraction of sp³-hybridized carbons (Fsp3) is 0.500. The molecule has 0 aliphatic rings. The Morgan fingerprint density at radius 3 is 2.68 bits per heavy atom. The Hall–Kier alpha value is -1.62. The van der Waals surface area contributed by atoms with Gasteiger partial charge in [-0.1, -0.05) is 20.8 Å². The van der Waals surface area contributed by atoms with Crippen molar-refractivity contribution in [2.24, 2.45) is 0 Å². The molecule has 0 saturated heterocycles. The first-order valence-electron chi connectivity index (χ1n) is 6.23. The lowest BCUT2D eigenvalue weighted by Gasteiger charge is -2.22. The van der Waals surface area contributed by atoms with Crippen LogP contribution in [0.4, 0.5) is 4.39 Å². The van der Waals surface area contributed by atoms with Gasteiger partial charge >= 0.3 is 0 Å². The molecule has 0 fully saturated rings. The molecule has 1 N–H and O–H groups in total. The van der Waals surface area contributed by atoms with E-state index in [-0.39, 0.29) is 11.2 Å². The average Bonchev–Trinajstić information content (AvgIpc) is 2.69. The molecule has 104 valence electrons. The van der Waals surface area contributed by atoms with E-state index in [9.17, 15) is 4.39 Å². The van der Waals surface area contributed by atoms with Gasteiger partial charge in [0.1, 0.15) is 18.1 Å². The molecule has 4 nitrogen and oxygen atoms in total. The van der Waals surface area contributed by atoms with Gasteiger partial charge in [0.05, 0.1) is 12.0 Å². The highest BCUT2D eigenvalue weighted by Crippen LogP contribution is 2.33. The Labute approximate surface area is 111 Å². The van der Waals surface area contributed by atoms with Crippen LogP contribution in [0.25, 0.3) is 11.0 Å². The molecule has 19 heavy (non-hydrogen) atoms. The van der Waals surface area contributed by atoms with Crippen LogP contribution in [-0.4, -0.2) is 30.3 Å². The maximum atomic E-state index is 13.6. The zero-order valence-corrected chi connectivity index (χ0v) is 11.7. The number of H-pyrrole nitrogens is 1. The molecule has 0 amide bonds. The number of hydrogen-bond donors (Lipinski definition) is 1. The van der Waals surface area contributed by atoms with E-state index in [2.05, 4.69) is 9.97 Å². The van der Waals surface area contributed by atoms with Crippen molar-refractivity contribution in [1.82, 2.24) is 9.97 Å². The number of nitrogens with zero attached hydrogens (tertiary/aromatic N) is 1. The Morgan fingerprint density at radius 2 is 2.05 bits per heavy atom. The van der Waals surface area contributed by atoms with Crippen LogP contribution in [-0.2, 0) is 10.2 Å². The molecule has 0 aliphatic heterocycles. The van der Waals surface area contributed by atoms with Gasteiger partial charge in [0.25, 0.3) is 0 Å². The van der Waals surface area contributed by atoms with E-state index in [1.54, 1.807) is 13.2 Å². The molecule has 0 aromatic carbocycles. The zero-order chi connectivity index (χ0) is 14.0. The first kappa shape index (κ1) is 13.8. The predicted octanol–water partition coefficient (Wildman–Crippen LogP) is 3.02. The Bertz CT molecular complexity index is 573. The van der Waals surface area contributed by atoms with E-state index >= 15 is 0 Å². The lowest BCUT2D eigenvalue weighted by Crippen LogP contribution is -2.16. The van der Waals surface area contributed by atoms with E-state index < -0.39 is 0 Å². The lowest BCUT2D eigenvalue weighted by atomic mass is 9.87. The minimum Gasteiger partial charge on any atom is -0.475 e. The summed E-state index contributed by atoms with van der Waals surface area (Å²) in [6, 6.07) is 1.80. The molecule has 2 aromatic rings. The van der Waals surface area contributed by atoms with Crippen LogP contribution < -0.4 is 4.74 Å². The van der Waals surface area contributed by atoms with E-state index in [0.717, 1.165) is 5.56 Å². The third-order valence-corrected chi connectivity index (χ3v) is 2.91. The molecule has 0 saturated carbocycles. The van der Waals surface area contributed by atoms with Gasteiger partial charge in [-0.25, -0.2) is 4.39 Å². The SMILES string of the molecule is COCCOc1nc2[nH]cc(F)c2cc1C(C)(C)C. The first-order chi connectivity index (χ1) is 8.93. The highest BCUT2D eigenvalue weighted by atomic mass is 19.1. The largest absolute Gasteiger partial charge is 0.475 e. The summed E-state index contributed by atoms with van der Waals surface area (Å²) in [4.78, 5) is 7.16. The van der Waals surface area contributed by atoms with Gasteiger partial charge in [-0.05, 0) is 11.5 Å². The maximum Gasteiger partial charge on any atom is 0.219 e. The third kappa shape index (κ3) is 2.87. The van der Waals surface area contributed by atoms with Gasteiger partial charge < -0.3 is 14.5 Å². The van der Waals surface area contributed by atoms with Gasteiger partial charge in [0.15, 0.2) is 0 Å². The highest BCUT2D eigenvalue weighted by molar-refractivity contribution is 5.78. The fourth-order valence-corrected chi connectivity index (χ4v) is 1.87. The molecule has 2 aromatic heterocycles. The second-order valence-electron chi connectivity index (χ2n) is 5.47. The van der Waals surface area contributed by atoms with Gasteiger partial charge in [-0.2, -0.15) is 4.98 Å². The molecule has 0 radical (unpaired) electrons. The number of methoxy groups -OCH3 is 1. The number of pyridine rings is 1. The molecule has 0 spiro atoms. The summed E-state index contributed by atoms with van der Waals surface area (Å²) in [5, 5.41) is 0.490. The highest BCUT2D eigenvalue weighted by Gasteiger charge is 2.22. The summed E-state index contributed by atoms with van der Waals surface area (Å²) in [6.07, 6.45) is 1.31. The molecule has 0 bridgehead atoms. The molecule has 2 rings (SSSR count). The zero-order valence-electron chi connectivity index (χ0n) is 11.7. The Morgan fingerprint density at radius 1 is 1.32 bits per heavy atom. The minimum atomic E-state index is -0.295. The van der Waals surface area contributed by atoms with Crippen molar-refractivity contribution in [3.8, 4) is 5.88 Å². The van der Waals surface area contributed by atoms with Crippen LogP contribution in [0.3, 0.4) is 0 Å². The predicted molar refractivity (Wildman–Crippen MR) is 72.1 cm³/mol. The summed E-state index contributed by atoms with van der Waals surface area (Å²) < 4.78 is 24.2. The van der Waals surface area contributed by atoms with Crippen LogP contribution in [0.2, 0.25) is 0 Å². The number of aromatic nitrogens is 2. The number of hydrogen-bond acceptors (Lipinski definition) is 3. The maximum absolute atomic E-state index is 13.6. The van der Waals surface area contributed by atoms with E-state index in [1.807, 2.05) is 20.8 Å². The van der Waals surface area contributed by atoms with Crippen LogP contribution >= 0.6 is 0 Å². The second kappa shape index (κ2) is 5.17. The number of rotatable bonds is 4. The topological polar surface area (TPSA) is 47.1 Å². The third-order valence-electron chi connectivity index (χ3n) is 2.91. The van der Waals surface area contributed by atoms with Crippen LogP contribution in [0.5, 0.6) is 5.88 Å². The number of nitrogens with one attached hydrogen (secondary N) is 1. The van der Waals surface area contributed by atoms with Crippen molar-refractivity contribution in [1.29, 1.82) is 0 Å². The number of ether oxygens (including phenoxy) is 2. The number of fused-ring (bicyclic) bond motifs is 1. The van der Waals surface area contributed by atoms with Gasteiger partial charge in [0, 0.05) is 18.9 Å². The molecular weight excluding hydrogens is 247 g/mol. The monoisotopic (exact) mass is 266 g/mol. The van der Waals surface area contributed by atoms with Crippen molar-refractivity contribution >= 4 is 11.0 Å². The number of aromatic amines is 1. The van der Waals surface area contributed by atoms with Crippen LogP contribution in [0, 0.1) is 5.82 Å². The van der Waals surface area contributed by atoms with Crippen molar-refractivity contribution < 1.29 is 13.9 Å². The first-order valence-corrected chi connectivity index (χ1v) is 6.23. The van der Waals surface area contributed by atoms with Crippen molar-refractivity contribution in [2.45, 2.75) is 26.2 Å². The van der Waals surface area contributed by atoms with Crippen LogP contribution in [0.1, 0.15) is 26.3 Å². The molecule has 0 unspecified atom stereocenters. The van der Waals surface area contributed by atoms with E-state index in [0.29, 0.717) is 30.1 Å². The summed E-state index contributed by atoms with van der Waals surface area (Å²) in [5.74, 6) is 0.232. The summed E-state index contributed by atoms with van der Waals surface area (Å²) in [5.41, 5.74) is 1.21. The molecule has 0 atom stereocenters. The number of halogens is 1. The lowest BCUT2D eigenvalue weighted by molar-refractivity contribution is 0.142. The van der Waals surface area contributed by atoms with Crippen LogP contribution in [0.15, 0.2) is 12.3 Å².